The van der Waals surface area contributed by atoms with E-state index in [1.165, 1.54) is 0 Å². The standard InChI is InChI=1S/C10H7IO2/c11-8-6-13-10(12)9(8)7-4-2-1-3-5-7/h1-5H,6H2. The summed E-state index contributed by atoms with van der Waals surface area (Å²) in [7, 11) is 0. The van der Waals surface area contributed by atoms with Crippen molar-refractivity contribution in [3.05, 3.63) is 39.5 Å². The first-order chi connectivity index (χ1) is 6.29. The van der Waals surface area contributed by atoms with Gasteiger partial charge in [0.25, 0.3) is 0 Å². The molecular formula is C10H7IO2. The van der Waals surface area contributed by atoms with Gasteiger partial charge in [0.15, 0.2) is 0 Å². The average molecular weight is 286 g/mol. The second-order valence-electron chi connectivity index (χ2n) is 2.72. The number of ether oxygens (including phenoxy) is 1. The summed E-state index contributed by atoms with van der Waals surface area (Å²) in [6.45, 7) is 0.420. The van der Waals surface area contributed by atoms with Crippen molar-refractivity contribution in [1.82, 2.24) is 0 Å². The van der Waals surface area contributed by atoms with Crippen molar-refractivity contribution in [3.63, 3.8) is 0 Å². The van der Waals surface area contributed by atoms with Crippen molar-refractivity contribution in [1.29, 1.82) is 0 Å². The second-order valence-corrected chi connectivity index (χ2v) is 4.02. The van der Waals surface area contributed by atoms with Crippen LogP contribution in [0.5, 0.6) is 0 Å². The second kappa shape index (κ2) is 3.49. The molecule has 1 aliphatic rings. The lowest BCUT2D eigenvalue weighted by Crippen LogP contribution is -1.97. The highest BCUT2D eigenvalue weighted by Crippen LogP contribution is 2.29. The molecule has 0 atom stereocenters. The number of carbonyl (C=O) groups excluding carboxylic acids is 1. The van der Waals surface area contributed by atoms with Crippen LogP contribution >= 0.6 is 22.6 Å². The molecule has 0 spiro atoms. The molecule has 1 heterocycles. The van der Waals surface area contributed by atoms with Crippen LogP contribution in [-0.2, 0) is 9.53 Å². The molecule has 13 heavy (non-hydrogen) atoms. The Balaban J connectivity index is 2.47. The molecule has 0 fully saturated rings. The van der Waals surface area contributed by atoms with Crippen molar-refractivity contribution in [2.75, 3.05) is 6.61 Å². The minimum atomic E-state index is -0.212. The summed E-state index contributed by atoms with van der Waals surface area (Å²) in [6.07, 6.45) is 0. The average Bonchev–Trinajstić information content (AvgIpc) is 2.48. The van der Waals surface area contributed by atoms with Gasteiger partial charge in [-0.15, -0.1) is 0 Å². The maximum atomic E-state index is 11.3. The summed E-state index contributed by atoms with van der Waals surface area (Å²) < 4.78 is 5.89. The first-order valence-electron chi connectivity index (χ1n) is 3.90. The molecule has 66 valence electrons. The van der Waals surface area contributed by atoms with Gasteiger partial charge >= 0.3 is 5.97 Å². The number of carbonyl (C=O) groups is 1. The largest absolute Gasteiger partial charge is 0.457 e. The fourth-order valence-corrected chi connectivity index (χ4v) is 1.95. The Morgan fingerprint density at radius 2 is 1.92 bits per heavy atom. The molecule has 0 N–H and O–H groups in total. The maximum absolute atomic E-state index is 11.3. The Hall–Kier alpha value is -0.840. The monoisotopic (exact) mass is 286 g/mol. The molecule has 0 aromatic heterocycles. The first-order valence-corrected chi connectivity index (χ1v) is 4.98. The van der Waals surface area contributed by atoms with Crippen molar-refractivity contribution in [2.45, 2.75) is 0 Å². The summed E-state index contributed by atoms with van der Waals surface area (Å²) in [5.74, 6) is -0.212. The van der Waals surface area contributed by atoms with E-state index in [2.05, 4.69) is 22.6 Å². The van der Waals surface area contributed by atoms with Crippen LogP contribution in [0.4, 0.5) is 0 Å². The number of halogens is 1. The van der Waals surface area contributed by atoms with Gasteiger partial charge in [0.1, 0.15) is 6.61 Å². The molecule has 0 saturated carbocycles. The SMILES string of the molecule is O=C1OCC(I)=C1c1ccccc1. The van der Waals surface area contributed by atoms with Gasteiger partial charge in [0.2, 0.25) is 0 Å². The number of cyclic esters (lactones) is 1. The van der Waals surface area contributed by atoms with Crippen LogP contribution < -0.4 is 0 Å². The van der Waals surface area contributed by atoms with Gasteiger partial charge in [-0.05, 0) is 28.2 Å². The smallest absolute Gasteiger partial charge is 0.339 e. The Labute approximate surface area is 89.7 Å². The van der Waals surface area contributed by atoms with Crippen LogP contribution in [0.25, 0.3) is 5.57 Å². The quantitative estimate of drug-likeness (QED) is 0.585. The Morgan fingerprint density at radius 1 is 1.23 bits per heavy atom. The molecule has 2 nitrogen and oxygen atoms in total. The fourth-order valence-electron chi connectivity index (χ4n) is 1.26. The summed E-state index contributed by atoms with van der Waals surface area (Å²) in [5, 5.41) is 0. The molecule has 0 bridgehead atoms. The number of hydrogen-bond acceptors (Lipinski definition) is 2. The lowest BCUT2D eigenvalue weighted by molar-refractivity contribution is -0.133. The van der Waals surface area contributed by atoms with Crippen LogP contribution in [-0.4, -0.2) is 12.6 Å². The van der Waals surface area contributed by atoms with Gasteiger partial charge in [-0.1, -0.05) is 30.3 Å². The molecular weight excluding hydrogens is 279 g/mol. The van der Waals surface area contributed by atoms with E-state index in [0.29, 0.717) is 12.2 Å². The number of esters is 1. The molecule has 3 heteroatoms. The highest BCUT2D eigenvalue weighted by molar-refractivity contribution is 14.1. The summed E-state index contributed by atoms with van der Waals surface area (Å²) in [5.41, 5.74) is 1.65. The summed E-state index contributed by atoms with van der Waals surface area (Å²) in [6, 6.07) is 9.59. The van der Waals surface area contributed by atoms with E-state index in [1.54, 1.807) is 0 Å². The van der Waals surface area contributed by atoms with Crippen molar-refractivity contribution in [3.8, 4) is 0 Å². The zero-order valence-corrected chi connectivity index (χ0v) is 8.95. The first kappa shape index (κ1) is 8.74. The fraction of sp³-hybridized carbons (Fsp3) is 0.100. The molecule has 0 radical (unpaired) electrons. The van der Waals surface area contributed by atoms with Gasteiger partial charge < -0.3 is 4.74 Å². The van der Waals surface area contributed by atoms with E-state index < -0.39 is 0 Å². The van der Waals surface area contributed by atoms with Crippen LogP contribution in [0, 0.1) is 0 Å². The number of benzene rings is 1. The van der Waals surface area contributed by atoms with Gasteiger partial charge in [-0.2, -0.15) is 0 Å². The third kappa shape index (κ3) is 1.60. The molecule has 2 rings (SSSR count). The van der Waals surface area contributed by atoms with E-state index in [4.69, 9.17) is 4.74 Å². The third-order valence-electron chi connectivity index (χ3n) is 1.87. The zero-order chi connectivity index (χ0) is 9.26. The molecule has 0 saturated heterocycles. The van der Waals surface area contributed by atoms with Gasteiger partial charge in [-0.3, -0.25) is 0 Å². The molecule has 1 aliphatic heterocycles. The molecule has 1 aromatic carbocycles. The highest BCUT2D eigenvalue weighted by Gasteiger charge is 2.23. The predicted octanol–water partition coefficient (Wildman–Crippen LogP) is 2.39. The number of hydrogen-bond donors (Lipinski definition) is 0. The summed E-state index contributed by atoms with van der Waals surface area (Å²) in [4.78, 5) is 11.3. The maximum Gasteiger partial charge on any atom is 0.339 e. The van der Waals surface area contributed by atoms with Crippen LogP contribution in [0.3, 0.4) is 0 Å². The molecule has 0 unspecified atom stereocenters. The van der Waals surface area contributed by atoms with E-state index in [9.17, 15) is 4.79 Å². The van der Waals surface area contributed by atoms with E-state index in [-0.39, 0.29) is 5.97 Å². The van der Waals surface area contributed by atoms with Crippen molar-refractivity contribution in [2.24, 2.45) is 0 Å². The minimum Gasteiger partial charge on any atom is -0.457 e. The zero-order valence-electron chi connectivity index (χ0n) is 6.79. The molecule has 1 aromatic rings. The normalized spacial score (nSPS) is 16.2. The molecule has 0 aliphatic carbocycles. The van der Waals surface area contributed by atoms with E-state index in [0.717, 1.165) is 9.14 Å². The lowest BCUT2D eigenvalue weighted by Gasteiger charge is -1.98. The van der Waals surface area contributed by atoms with Gasteiger partial charge in [0.05, 0.1) is 5.57 Å². The van der Waals surface area contributed by atoms with Gasteiger partial charge in [-0.25, -0.2) is 4.79 Å². The predicted molar refractivity (Wildman–Crippen MR) is 58.3 cm³/mol. The summed E-state index contributed by atoms with van der Waals surface area (Å²) >= 11 is 2.15. The van der Waals surface area contributed by atoms with Crippen LogP contribution in [0.15, 0.2) is 33.9 Å². The Kier molecular flexibility index (Phi) is 2.35. The number of rotatable bonds is 1. The lowest BCUT2D eigenvalue weighted by atomic mass is 10.1. The minimum absolute atomic E-state index is 0.212. The van der Waals surface area contributed by atoms with Crippen molar-refractivity contribution >= 4 is 34.1 Å². The van der Waals surface area contributed by atoms with Gasteiger partial charge in [0, 0.05) is 3.58 Å². The van der Waals surface area contributed by atoms with Crippen LogP contribution in [0.2, 0.25) is 0 Å². The highest BCUT2D eigenvalue weighted by atomic mass is 127. The van der Waals surface area contributed by atoms with Crippen molar-refractivity contribution < 1.29 is 9.53 Å². The van der Waals surface area contributed by atoms with E-state index in [1.807, 2.05) is 30.3 Å². The Morgan fingerprint density at radius 3 is 2.46 bits per heavy atom. The third-order valence-corrected chi connectivity index (χ3v) is 2.72. The topological polar surface area (TPSA) is 26.3 Å². The van der Waals surface area contributed by atoms with E-state index >= 15 is 0 Å². The molecule has 0 amide bonds. The Bertz CT molecular complexity index is 368. The van der Waals surface area contributed by atoms with Crippen LogP contribution in [0.1, 0.15) is 5.56 Å².